The zero-order chi connectivity index (χ0) is 20.7. The third-order valence-electron chi connectivity index (χ3n) is 3.87. The molecule has 0 aliphatic heterocycles. The summed E-state index contributed by atoms with van der Waals surface area (Å²) < 4.78 is 9.56. The first-order valence-corrected chi connectivity index (χ1v) is 9.36. The summed E-state index contributed by atoms with van der Waals surface area (Å²) in [7, 11) is 1.24. The maximum Gasteiger partial charge on any atom is 0.339 e. The quantitative estimate of drug-likeness (QED) is 0.536. The average Bonchev–Trinajstić information content (AvgIpc) is 3.02. The van der Waals surface area contributed by atoms with Gasteiger partial charge in [-0.3, -0.25) is 14.4 Å². The zero-order valence-corrected chi connectivity index (χ0v) is 16.7. The van der Waals surface area contributed by atoms with Crippen LogP contribution in [0.2, 0.25) is 0 Å². The number of esters is 2. The minimum absolute atomic E-state index is 0.0165. The summed E-state index contributed by atoms with van der Waals surface area (Å²) in [6, 6.07) is 8.13. The molecule has 0 fully saturated rings. The molecule has 0 aliphatic rings. The van der Waals surface area contributed by atoms with E-state index in [1.807, 2.05) is 13.8 Å². The van der Waals surface area contributed by atoms with Gasteiger partial charge in [0.1, 0.15) is 0 Å². The summed E-state index contributed by atoms with van der Waals surface area (Å²) in [6.07, 6.45) is -0.0954. The van der Waals surface area contributed by atoms with Gasteiger partial charge in [-0.2, -0.15) is 0 Å². The Kier molecular flexibility index (Phi) is 7.45. The maximum absolute atomic E-state index is 12.2. The maximum atomic E-state index is 12.2. The number of ether oxygens (including phenoxy) is 2. The van der Waals surface area contributed by atoms with Crippen LogP contribution >= 0.6 is 11.3 Å². The Morgan fingerprint density at radius 1 is 1.04 bits per heavy atom. The predicted octanol–water partition coefficient (Wildman–Crippen LogP) is 3.30. The number of para-hydroxylation sites is 1. The van der Waals surface area contributed by atoms with Crippen LogP contribution in [0.4, 0.5) is 5.69 Å². The van der Waals surface area contributed by atoms with Crippen LogP contribution in [0.3, 0.4) is 0 Å². The molecule has 28 heavy (non-hydrogen) atoms. The van der Waals surface area contributed by atoms with Crippen molar-refractivity contribution in [3.8, 4) is 0 Å². The fourth-order valence-corrected chi connectivity index (χ4v) is 3.48. The van der Waals surface area contributed by atoms with Gasteiger partial charge < -0.3 is 14.8 Å². The molecule has 0 aliphatic carbocycles. The van der Waals surface area contributed by atoms with Gasteiger partial charge in [-0.1, -0.05) is 12.1 Å². The molecule has 1 amide bonds. The van der Waals surface area contributed by atoms with Crippen molar-refractivity contribution in [2.75, 3.05) is 19.0 Å². The molecule has 1 aromatic carbocycles. The van der Waals surface area contributed by atoms with Gasteiger partial charge in [0.15, 0.2) is 12.4 Å². The lowest BCUT2D eigenvalue weighted by Crippen LogP contribution is -2.22. The van der Waals surface area contributed by atoms with E-state index in [1.165, 1.54) is 30.6 Å². The van der Waals surface area contributed by atoms with Crippen molar-refractivity contribution in [2.24, 2.45) is 0 Å². The van der Waals surface area contributed by atoms with Crippen LogP contribution < -0.4 is 5.32 Å². The van der Waals surface area contributed by atoms with Crippen molar-refractivity contribution in [1.82, 2.24) is 0 Å². The fraction of sp³-hybridized carbons (Fsp3) is 0.300. The third-order valence-corrected chi connectivity index (χ3v) is 4.83. The minimum atomic E-state index is -0.644. The van der Waals surface area contributed by atoms with E-state index in [0.29, 0.717) is 5.56 Å². The first-order chi connectivity index (χ1) is 13.3. The molecule has 1 heterocycles. The molecule has 0 bridgehead atoms. The molecule has 0 atom stereocenters. The predicted molar refractivity (Wildman–Crippen MR) is 105 cm³/mol. The van der Waals surface area contributed by atoms with Crippen molar-refractivity contribution in [3.05, 3.63) is 51.2 Å². The number of thiophene rings is 1. The number of rotatable bonds is 8. The van der Waals surface area contributed by atoms with E-state index in [9.17, 15) is 19.2 Å². The van der Waals surface area contributed by atoms with E-state index in [-0.39, 0.29) is 29.9 Å². The zero-order valence-electron chi connectivity index (χ0n) is 15.9. The van der Waals surface area contributed by atoms with Gasteiger partial charge in [-0.25, -0.2) is 4.79 Å². The summed E-state index contributed by atoms with van der Waals surface area (Å²) in [5, 5.41) is 2.50. The van der Waals surface area contributed by atoms with Crippen LogP contribution in [-0.4, -0.2) is 37.3 Å². The summed E-state index contributed by atoms with van der Waals surface area (Å²) >= 11 is 1.53. The van der Waals surface area contributed by atoms with Gasteiger partial charge in [-0.05, 0) is 32.0 Å². The molecule has 1 N–H and O–H groups in total. The van der Waals surface area contributed by atoms with Crippen LogP contribution in [0, 0.1) is 13.8 Å². The molecule has 0 saturated heterocycles. The number of Topliss-reactive ketones (excluding diaryl/α,β-unsaturated/α-hetero) is 1. The summed E-state index contributed by atoms with van der Waals surface area (Å²) in [6.45, 7) is 3.26. The second-order valence-electron chi connectivity index (χ2n) is 6.00. The highest BCUT2D eigenvalue weighted by molar-refractivity contribution is 7.12. The second-order valence-corrected chi connectivity index (χ2v) is 7.46. The Morgan fingerprint density at radius 3 is 2.39 bits per heavy atom. The molecule has 0 radical (unpaired) electrons. The fourth-order valence-electron chi connectivity index (χ4n) is 2.54. The topological polar surface area (TPSA) is 98.8 Å². The van der Waals surface area contributed by atoms with Crippen LogP contribution in [0.1, 0.15) is 43.3 Å². The lowest BCUT2D eigenvalue weighted by atomic mass is 10.1. The Bertz CT molecular complexity index is 902. The smallest absolute Gasteiger partial charge is 0.339 e. The first-order valence-electron chi connectivity index (χ1n) is 8.55. The van der Waals surface area contributed by atoms with Crippen LogP contribution in [0.5, 0.6) is 0 Å². The van der Waals surface area contributed by atoms with E-state index < -0.39 is 24.5 Å². The Morgan fingerprint density at radius 2 is 1.75 bits per heavy atom. The molecular weight excluding hydrogens is 382 g/mol. The Balaban J connectivity index is 1.81. The largest absolute Gasteiger partial charge is 0.465 e. The van der Waals surface area contributed by atoms with Gasteiger partial charge in [0.05, 0.1) is 24.8 Å². The SMILES string of the molecule is COC(=O)c1ccccc1NC(=O)COC(=O)CCC(=O)c1cc(C)sc1C. The van der Waals surface area contributed by atoms with E-state index >= 15 is 0 Å². The summed E-state index contributed by atoms with van der Waals surface area (Å²) in [4.78, 5) is 49.6. The highest BCUT2D eigenvalue weighted by atomic mass is 32.1. The van der Waals surface area contributed by atoms with Crippen LogP contribution in [-0.2, 0) is 19.1 Å². The molecular formula is C20H21NO6S. The van der Waals surface area contributed by atoms with Crippen molar-refractivity contribution in [2.45, 2.75) is 26.7 Å². The third kappa shape index (κ3) is 5.75. The first kappa shape index (κ1) is 21.3. The van der Waals surface area contributed by atoms with Gasteiger partial charge >= 0.3 is 11.9 Å². The molecule has 2 rings (SSSR count). The second kappa shape index (κ2) is 9.80. The number of carbonyl (C=O) groups is 4. The summed E-state index contributed by atoms with van der Waals surface area (Å²) in [5.74, 6) is -1.96. The van der Waals surface area contributed by atoms with Crippen LogP contribution in [0.15, 0.2) is 30.3 Å². The van der Waals surface area contributed by atoms with E-state index in [2.05, 4.69) is 10.1 Å². The van der Waals surface area contributed by atoms with Gasteiger partial charge in [0.2, 0.25) is 0 Å². The van der Waals surface area contributed by atoms with Gasteiger partial charge in [0, 0.05) is 21.7 Å². The van der Waals surface area contributed by atoms with Crippen molar-refractivity contribution in [1.29, 1.82) is 0 Å². The standard InChI is InChI=1S/C20H21NO6S/c1-12-10-15(13(2)28-12)17(22)8-9-19(24)27-11-18(23)21-16-7-5-4-6-14(16)20(25)26-3/h4-7,10H,8-9,11H2,1-3H3,(H,21,23). The molecule has 8 heteroatoms. The monoisotopic (exact) mass is 403 g/mol. The highest BCUT2D eigenvalue weighted by Crippen LogP contribution is 2.22. The van der Waals surface area contributed by atoms with E-state index in [0.717, 1.165) is 9.75 Å². The Labute approximate surface area is 166 Å². The molecule has 7 nitrogen and oxygen atoms in total. The lowest BCUT2D eigenvalue weighted by Gasteiger charge is -2.10. The number of ketones is 1. The number of carbonyl (C=O) groups excluding carboxylic acids is 4. The molecule has 1 aromatic heterocycles. The number of amides is 1. The highest BCUT2D eigenvalue weighted by Gasteiger charge is 2.16. The molecule has 2 aromatic rings. The summed E-state index contributed by atoms with van der Waals surface area (Å²) in [5.41, 5.74) is 1.07. The normalized spacial score (nSPS) is 10.2. The van der Waals surface area contributed by atoms with Gasteiger partial charge in [0.25, 0.3) is 5.91 Å². The number of hydrogen-bond acceptors (Lipinski definition) is 7. The Hall–Kier alpha value is -3.00. The molecule has 0 unspecified atom stereocenters. The molecule has 0 spiro atoms. The number of methoxy groups -OCH3 is 1. The van der Waals surface area contributed by atoms with Crippen molar-refractivity contribution in [3.63, 3.8) is 0 Å². The van der Waals surface area contributed by atoms with E-state index in [4.69, 9.17) is 4.74 Å². The van der Waals surface area contributed by atoms with Gasteiger partial charge in [-0.15, -0.1) is 11.3 Å². The number of nitrogens with one attached hydrogen (secondary N) is 1. The molecule has 148 valence electrons. The lowest BCUT2D eigenvalue weighted by molar-refractivity contribution is -0.147. The number of hydrogen-bond donors (Lipinski definition) is 1. The average molecular weight is 403 g/mol. The van der Waals surface area contributed by atoms with Crippen molar-refractivity contribution < 1.29 is 28.7 Å². The van der Waals surface area contributed by atoms with Crippen molar-refractivity contribution >= 4 is 40.7 Å². The number of aryl methyl sites for hydroxylation is 2. The van der Waals surface area contributed by atoms with Crippen LogP contribution in [0.25, 0.3) is 0 Å². The van der Waals surface area contributed by atoms with E-state index in [1.54, 1.807) is 18.2 Å². The number of benzene rings is 1. The molecule has 0 saturated carbocycles. The minimum Gasteiger partial charge on any atom is -0.465 e. The number of anilines is 1.